The van der Waals surface area contributed by atoms with Gasteiger partial charge >= 0.3 is 0 Å². The normalized spacial score (nSPS) is 11.4. The number of hydrogen-bond donors (Lipinski definition) is 0. The maximum atomic E-state index is 12.7. The molecule has 1 aromatic heterocycles. The average molecular weight is 416 g/mol. The third-order valence-electron chi connectivity index (χ3n) is 3.29. The van der Waals surface area contributed by atoms with Crippen LogP contribution < -0.4 is 0 Å². The van der Waals surface area contributed by atoms with Crippen LogP contribution in [0.3, 0.4) is 0 Å². The van der Waals surface area contributed by atoms with Gasteiger partial charge in [0.2, 0.25) is 0 Å². The number of halogens is 1. The van der Waals surface area contributed by atoms with Crippen molar-refractivity contribution in [1.82, 2.24) is 4.90 Å². The van der Waals surface area contributed by atoms with E-state index in [0.717, 1.165) is 8.66 Å². The number of sulfone groups is 1. The first-order valence-corrected chi connectivity index (χ1v) is 10.4. The van der Waals surface area contributed by atoms with Crippen LogP contribution in [0, 0.1) is 0 Å². The minimum Gasteiger partial charge on any atom is -0.337 e. The molecule has 7 heteroatoms. The summed E-state index contributed by atoms with van der Waals surface area (Å²) in [5.74, 6) is -0.247. The van der Waals surface area contributed by atoms with Gasteiger partial charge in [-0.2, -0.15) is 0 Å². The second kappa shape index (κ2) is 7.59. The zero-order valence-corrected chi connectivity index (χ0v) is 16.2. The first-order chi connectivity index (χ1) is 10.8. The molecule has 2 rings (SSSR count). The van der Waals surface area contributed by atoms with Crippen molar-refractivity contribution in [3.05, 3.63) is 50.6 Å². The fraction of sp³-hybridized carbons (Fsp3) is 0.312. The number of carbonyl (C=O) groups excluding carboxylic acids is 1. The van der Waals surface area contributed by atoms with Crippen molar-refractivity contribution < 1.29 is 13.2 Å². The molecule has 0 aliphatic carbocycles. The molecule has 124 valence electrons. The second-order valence-corrected chi connectivity index (χ2v) is 9.81. The van der Waals surface area contributed by atoms with E-state index in [4.69, 9.17) is 0 Å². The molecule has 0 bridgehead atoms. The van der Waals surface area contributed by atoms with Crippen LogP contribution in [0.25, 0.3) is 0 Å². The maximum absolute atomic E-state index is 12.7. The quantitative estimate of drug-likeness (QED) is 0.716. The summed E-state index contributed by atoms with van der Waals surface area (Å²) in [4.78, 5) is 15.4. The zero-order valence-electron chi connectivity index (χ0n) is 13.0. The minimum atomic E-state index is -3.44. The topological polar surface area (TPSA) is 54.5 Å². The fourth-order valence-electron chi connectivity index (χ4n) is 2.24. The Hall–Kier alpha value is -1.18. The number of nitrogens with zero attached hydrogens (tertiary/aromatic N) is 1. The Morgan fingerprint density at radius 3 is 2.52 bits per heavy atom. The molecule has 23 heavy (non-hydrogen) atoms. The summed E-state index contributed by atoms with van der Waals surface area (Å²) in [5.41, 5.74) is 0.235. The van der Waals surface area contributed by atoms with Crippen molar-refractivity contribution in [3.63, 3.8) is 0 Å². The van der Waals surface area contributed by atoms with Gasteiger partial charge in [0.05, 0.1) is 26.5 Å². The standard InChI is InChI=1S/C16H18BrNO3S2/c1-3-10-23(20,21)14-7-5-4-6-13(14)16(19)18(2)11-12-8-9-15(17)22-12/h4-9H,3,10-11H2,1-2H3. The predicted molar refractivity (Wildman–Crippen MR) is 96.6 cm³/mol. The number of hydrogen-bond acceptors (Lipinski definition) is 4. The second-order valence-electron chi connectivity index (χ2n) is 5.18. The molecule has 0 radical (unpaired) electrons. The maximum Gasteiger partial charge on any atom is 0.255 e. The molecule has 0 aliphatic rings. The lowest BCUT2D eigenvalue weighted by atomic mass is 10.2. The van der Waals surface area contributed by atoms with E-state index in [1.807, 2.05) is 19.1 Å². The lowest BCUT2D eigenvalue weighted by Gasteiger charge is -2.18. The highest BCUT2D eigenvalue weighted by Gasteiger charge is 2.23. The van der Waals surface area contributed by atoms with Crippen LogP contribution >= 0.6 is 27.3 Å². The van der Waals surface area contributed by atoms with Gasteiger partial charge in [0.1, 0.15) is 0 Å². The zero-order chi connectivity index (χ0) is 17.0. The van der Waals surface area contributed by atoms with Crippen LogP contribution in [0.15, 0.2) is 45.1 Å². The number of carbonyl (C=O) groups is 1. The molecule has 0 N–H and O–H groups in total. The Kier molecular flexibility index (Phi) is 6.00. The Labute approximate surface area is 149 Å². The largest absolute Gasteiger partial charge is 0.337 e. The van der Waals surface area contributed by atoms with Crippen molar-refractivity contribution >= 4 is 43.0 Å². The summed E-state index contributed by atoms with van der Waals surface area (Å²) in [6.07, 6.45) is 0.518. The van der Waals surface area contributed by atoms with E-state index in [-0.39, 0.29) is 22.1 Å². The van der Waals surface area contributed by atoms with E-state index in [0.29, 0.717) is 13.0 Å². The van der Waals surface area contributed by atoms with E-state index in [1.165, 1.54) is 6.07 Å². The summed E-state index contributed by atoms with van der Waals surface area (Å²) in [6.45, 7) is 2.25. The SMILES string of the molecule is CCCS(=O)(=O)c1ccccc1C(=O)N(C)Cc1ccc(Br)s1. The van der Waals surface area contributed by atoms with Crippen LogP contribution in [0.4, 0.5) is 0 Å². The van der Waals surface area contributed by atoms with Gasteiger partial charge in [-0.15, -0.1) is 11.3 Å². The lowest BCUT2D eigenvalue weighted by Crippen LogP contribution is -2.27. The van der Waals surface area contributed by atoms with Gasteiger partial charge in [0, 0.05) is 11.9 Å². The van der Waals surface area contributed by atoms with Crippen LogP contribution in [-0.2, 0) is 16.4 Å². The highest BCUT2D eigenvalue weighted by molar-refractivity contribution is 9.11. The molecule has 1 aromatic carbocycles. The van der Waals surface area contributed by atoms with Crippen LogP contribution in [-0.4, -0.2) is 32.0 Å². The van der Waals surface area contributed by atoms with Crippen LogP contribution in [0.1, 0.15) is 28.6 Å². The third-order valence-corrected chi connectivity index (χ3v) is 6.87. The van der Waals surface area contributed by atoms with Crippen molar-refractivity contribution in [2.75, 3.05) is 12.8 Å². The number of thiophene rings is 1. The van der Waals surface area contributed by atoms with Gasteiger partial charge in [-0.3, -0.25) is 4.79 Å². The van der Waals surface area contributed by atoms with Gasteiger partial charge in [-0.25, -0.2) is 8.42 Å². The van der Waals surface area contributed by atoms with Crippen molar-refractivity contribution in [2.45, 2.75) is 24.8 Å². The molecular formula is C16H18BrNO3S2. The van der Waals surface area contributed by atoms with Crippen molar-refractivity contribution in [1.29, 1.82) is 0 Å². The Morgan fingerprint density at radius 2 is 1.91 bits per heavy atom. The van der Waals surface area contributed by atoms with Crippen molar-refractivity contribution in [2.24, 2.45) is 0 Å². The van der Waals surface area contributed by atoms with Crippen molar-refractivity contribution in [3.8, 4) is 0 Å². The first-order valence-electron chi connectivity index (χ1n) is 7.16. The molecule has 0 saturated heterocycles. The van der Waals surface area contributed by atoms with E-state index in [2.05, 4.69) is 15.9 Å². The summed E-state index contributed by atoms with van der Waals surface area (Å²) in [6, 6.07) is 10.3. The van der Waals surface area contributed by atoms with Gasteiger partial charge < -0.3 is 4.90 Å². The van der Waals surface area contributed by atoms with E-state index < -0.39 is 9.84 Å². The third kappa shape index (κ3) is 4.43. The molecule has 4 nitrogen and oxygen atoms in total. The molecule has 0 atom stereocenters. The number of rotatable bonds is 6. The highest BCUT2D eigenvalue weighted by Crippen LogP contribution is 2.24. The monoisotopic (exact) mass is 415 g/mol. The predicted octanol–water partition coefficient (Wildman–Crippen LogP) is 3.97. The minimum absolute atomic E-state index is 0.0406. The highest BCUT2D eigenvalue weighted by atomic mass is 79.9. The fourth-order valence-corrected chi connectivity index (χ4v) is 5.31. The molecular weight excluding hydrogens is 398 g/mol. The molecule has 1 amide bonds. The molecule has 0 spiro atoms. The van der Waals surface area contributed by atoms with Gasteiger partial charge in [-0.05, 0) is 46.6 Å². The number of amides is 1. The molecule has 0 saturated carbocycles. The summed E-state index contributed by atoms with van der Waals surface area (Å²) >= 11 is 4.95. The Balaban J connectivity index is 2.29. The van der Waals surface area contributed by atoms with Gasteiger partial charge in [0.25, 0.3) is 5.91 Å². The van der Waals surface area contributed by atoms with E-state index in [1.54, 1.807) is 41.5 Å². The molecule has 2 aromatic rings. The first kappa shape index (κ1) is 18.2. The van der Waals surface area contributed by atoms with Crippen LogP contribution in [0.2, 0.25) is 0 Å². The Morgan fingerprint density at radius 1 is 1.22 bits per heavy atom. The Bertz CT molecular complexity index is 799. The van der Waals surface area contributed by atoms with Gasteiger partial charge in [0.15, 0.2) is 9.84 Å². The molecule has 1 heterocycles. The molecule has 0 aliphatic heterocycles. The summed E-state index contributed by atoms with van der Waals surface area (Å²) < 4.78 is 25.7. The summed E-state index contributed by atoms with van der Waals surface area (Å²) in [5, 5.41) is 0. The smallest absolute Gasteiger partial charge is 0.255 e. The van der Waals surface area contributed by atoms with Gasteiger partial charge in [-0.1, -0.05) is 19.1 Å². The van der Waals surface area contributed by atoms with Crippen LogP contribution in [0.5, 0.6) is 0 Å². The lowest BCUT2D eigenvalue weighted by molar-refractivity contribution is 0.0782. The molecule has 0 unspecified atom stereocenters. The summed E-state index contributed by atoms with van der Waals surface area (Å²) in [7, 11) is -1.76. The molecule has 0 fully saturated rings. The number of benzene rings is 1. The van der Waals surface area contributed by atoms with E-state index >= 15 is 0 Å². The average Bonchev–Trinajstić information content (AvgIpc) is 2.91. The van der Waals surface area contributed by atoms with E-state index in [9.17, 15) is 13.2 Å².